The van der Waals surface area contributed by atoms with Crippen LogP contribution in [-0.4, -0.2) is 44.6 Å². The van der Waals surface area contributed by atoms with Crippen LogP contribution in [0, 0.1) is 6.92 Å². The Kier molecular flexibility index (Phi) is 6.37. The van der Waals surface area contributed by atoms with E-state index in [9.17, 15) is 4.79 Å². The molecule has 1 saturated heterocycles. The molecule has 0 saturated carbocycles. The van der Waals surface area contributed by atoms with Gasteiger partial charge < -0.3 is 19.0 Å². The van der Waals surface area contributed by atoms with Crippen LogP contribution in [0.3, 0.4) is 0 Å². The van der Waals surface area contributed by atoms with Crippen LogP contribution in [0.15, 0.2) is 36.4 Å². The maximum absolute atomic E-state index is 11.6. The molecule has 0 amide bonds. The molecule has 144 valence electrons. The van der Waals surface area contributed by atoms with Gasteiger partial charge in [-0.2, -0.15) is 0 Å². The number of nitrogens with zero attached hydrogens (tertiary/aromatic N) is 1. The van der Waals surface area contributed by atoms with Gasteiger partial charge in [-0.3, -0.25) is 4.90 Å². The van der Waals surface area contributed by atoms with Crippen molar-refractivity contribution in [3.63, 3.8) is 0 Å². The van der Waals surface area contributed by atoms with Crippen LogP contribution in [0.4, 0.5) is 0 Å². The van der Waals surface area contributed by atoms with Gasteiger partial charge in [0.1, 0.15) is 24.0 Å². The molecule has 1 heterocycles. The summed E-state index contributed by atoms with van der Waals surface area (Å²) in [6, 6.07) is 11.3. The summed E-state index contributed by atoms with van der Waals surface area (Å²) in [6.07, 6.45) is 1.28. The van der Waals surface area contributed by atoms with E-state index < -0.39 is 6.23 Å². The molecule has 2 aromatic carbocycles. The number of rotatable bonds is 7. The fourth-order valence-electron chi connectivity index (χ4n) is 3.38. The van der Waals surface area contributed by atoms with Gasteiger partial charge >= 0.3 is 0 Å². The van der Waals surface area contributed by atoms with Crippen molar-refractivity contribution in [2.45, 2.75) is 25.6 Å². The number of carbonyl (C=O) groups excluding carboxylic acids is 1. The number of benzene rings is 2. The van der Waals surface area contributed by atoms with Crippen LogP contribution in [0.5, 0.6) is 11.5 Å². The fraction of sp³-hybridized carbons (Fsp3) is 0.381. The monoisotopic (exact) mass is 389 g/mol. The summed E-state index contributed by atoms with van der Waals surface area (Å²) in [5.41, 5.74) is 2.97. The Morgan fingerprint density at radius 2 is 1.93 bits per heavy atom. The van der Waals surface area contributed by atoms with Crippen LogP contribution in [0.25, 0.3) is 0 Å². The van der Waals surface area contributed by atoms with Gasteiger partial charge in [0.2, 0.25) is 0 Å². The van der Waals surface area contributed by atoms with E-state index in [2.05, 4.69) is 6.07 Å². The lowest BCUT2D eigenvalue weighted by Crippen LogP contribution is -2.35. The predicted molar refractivity (Wildman–Crippen MR) is 105 cm³/mol. The molecule has 6 heteroatoms. The van der Waals surface area contributed by atoms with Crippen molar-refractivity contribution < 1.29 is 19.0 Å². The highest BCUT2D eigenvalue weighted by Gasteiger charge is 2.38. The second-order valence-corrected chi connectivity index (χ2v) is 6.94. The van der Waals surface area contributed by atoms with E-state index in [1.807, 2.05) is 42.2 Å². The number of halogens is 1. The molecule has 1 aliphatic heterocycles. The minimum Gasteiger partial charge on any atom is -0.496 e. The Hall–Kier alpha value is -2.08. The first-order valence-corrected chi connectivity index (χ1v) is 9.25. The lowest BCUT2D eigenvalue weighted by molar-refractivity contribution is -0.111. The molecule has 1 aliphatic rings. The van der Waals surface area contributed by atoms with Gasteiger partial charge in [-0.15, -0.1) is 0 Å². The largest absolute Gasteiger partial charge is 0.496 e. The highest BCUT2D eigenvalue weighted by atomic mass is 35.5. The highest BCUT2D eigenvalue weighted by Crippen LogP contribution is 2.41. The summed E-state index contributed by atoms with van der Waals surface area (Å²) in [4.78, 5) is 13.7. The minimum atomic E-state index is -0.410. The quantitative estimate of drug-likeness (QED) is 0.674. The molecule has 0 aliphatic carbocycles. The smallest absolute Gasteiger partial charge is 0.144 e. The highest BCUT2D eigenvalue weighted by molar-refractivity contribution is 6.31. The standard InChI is InChI=1S/C21H24ClNO4/c1-14-7-8-15(11-17(14)22)9-10-23-16(12-24)13-27-21(23)20-18(25-2)5-4-6-19(20)26-3/h4-8,11-12,16,21H,9-10,13H2,1-3H3. The van der Waals surface area contributed by atoms with Crippen LogP contribution in [-0.2, 0) is 16.0 Å². The number of hydrogen-bond acceptors (Lipinski definition) is 5. The molecule has 2 atom stereocenters. The van der Waals surface area contributed by atoms with Gasteiger partial charge in [-0.25, -0.2) is 0 Å². The molecule has 0 aromatic heterocycles. The SMILES string of the molecule is COc1cccc(OC)c1C1OCC(C=O)N1CCc1ccc(C)c(Cl)c1. The molecular formula is C21H24ClNO4. The molecule has 5 nitrogen and oxygen atoms in total. The summed E-state index contributed by atoms with van der Waals surface area (Å²) in [5, 5.41) is 0.750. The van der Waals surface area contributed by atoms with Gasteiger partial charge in [0, 0.05) is 11.6 Å². The zero-order valence-electron chi connectivity index (χ0n) is 15.8. The van der Waals surface area contributed by atoms with Crippen LogP contribution >= 0.6 is 11.6 Å². The Morgan fingerprint density at radius 3 is 2.52 bits per heavy atom. The third-order valence-electron chi connectivity index (χ3n) is 4.92. The Morgan fingerprint density at radius 1 is 1.22 bits per heavy atom. The maximum Gasteiger partial charge on any atom is 0.144 e. The summed E-state index contributed by atoms with van der Waals surface area (Å²) >= 11 is 6.24. The first-order valence-electron chi connectivity index (χ1n) is 8.87. The van der Waals surface area contributed by atoms with Crippen molar-refractivity contribution in [1.82, 2.24) is 4.90 Å². The predicted octanol–water partition coefficient (Wildman–Crippen LogP) is 3.81. The molecule has 3 rings (SSSR count). The zero-order valence-corrected chi connectivity index (χ0v) is 16.5. The fourth-order valence-corrected chi connectivity index (χ4v) is 3.58. The number of aldehydes is 1. The Bertz CT molecular complexity index is 789. The van der Waals surface area contributed by atoms with E-state index in [1.54, 1.807) is 14.2 Å². The number of aryl methyl sites for hydroxylation is 1. The van der Waals surface area contributed by atoms with Gasteiger partial charge in [-0.05, 0) is 42.7 Å². The zero-order chi connectivity index (χ0) is 19.4. The third-order valence-corrected chi connectivity index (χ3v) is 5.32. The molecule has 2 unspecified atom stereocenters. The van der Waals surface area contributed by atoms with E-state index >= 15 is 0 Å². The molecule has 0 bridgehead atoms. The van der Waals surface area contributed by atoms with E-state index in [1.165, 1.54) is 0 Å². The maximum atomic E-state index is 11.6. The Labute approximate surface area is 164 Å². The molecular weight excluding hydrogens is 366 g/mol. The molecule has 1 fully saturated rings. The topological polar surface area (TPSA) is 48.0 Å². The summed E-state index contributed by atoms with van der Waals surface area (Å²) in [7, 11) is 3.23. The number of ether oxygens (including phenoxy) is 3. The summed E-state index contributed by atoms with van der Waals surface area (Å²) in [6.45, 7) is 2.96. The Balaban J connectivity index is 1.87. The summed E-state index contributed by atoms with van der Waals surface area (Å²) < 4.78 is 17.0. The van der Waals surface area contributed by atoms with E-state index in [4.69, 9.17) is 25.8 Å². The lowest BCUT2D eigenvalue weighted by Gasteiger charge is -2.28. The van der Waals surface area contributed by atoms with Gasteiger partial charge in [0.05, 0.1) is 32.4 Å². The third kappa shape index (κ3) is 4.10. The van der Waals surface area contributed by atoms with Gasteiger partial charge in [0.25, 0.3) is 0 Å². The molecule has 0 radical (unpaired) electrons. The second-order valence-electron chi connectivity index (χ2n) is 6.54. The number of carbonyl (C=O) groups is 1. The number of methoxy groups -OCH3 is 2. The van der Waals surface area contributed by atoms with Gasteiger partial charge in [-0.1, -0.05) is 29.8 Å². The van der Waals surface area contributed by atoms with Gasteiger partial charge in [0.15, 0.2) is 0 Å². The van der Waals surface area contributed by atoms with Crippen molar-refractivity contribution in [2.75, 3.05) is 27.4 Å². The summed E-state index contributed by atoms with van der Waals surface area (Å²) in [5.74, 6) is 1.35. The number of hydrogen-bond donors (Lipinski definition) is 0. The van der Waals surface area contributed by atoms with Crippen molar-refractivity contribution in [2.24, 2.45) is 0 Å². The lowest BCUT2D eigenvalue weighted by atomic mass is 10.1. The van der Waals surface area contributed by atoms with Crippen LogP contribution < -0.4 is 9.47 Å². The second kappa shape index (κ2) is 8.74. The molecule has 0 N–H and O–H groups in total. The molecule has 27 heavy (non-hydrogen) atoms. The average Bonchev–Trinajstić information content (AvgIpc) is 3.10. The first-order chi connectivity index (χ1) is 13.1. The average molecular weight is 390 g/mol. The first kappa shape index (κ1) is 19.7. The molecule has 0 spiro atoms. The van der Waals surface area contributed by atoms with Crippen molar-refractivity contribution in [3.05, 3.63) is 58.1 Å². The van der Waals surface area contributed by atoms with E-state index in [-0.39, 0.29) is 6.04 Å². The van der Waals surface area contributed by atoms with Crippen molar-refractivity contribution in [1.29, 1.82) is 0 Å². The van der Waals surface area contributed by atoms with Crippen molar-refractivity contribution in [3.8, 4) is 11.5 Å². The minimum absolute atomic E-state index is 0.314. The van der Waals surface area contributed by atoms with Crippen LogP contribution in [0.2, 0.25) is 5.02 Å². The van der Waals surface area contributed by atoms with E-state index in [0.29, 0.717) is 24.7 Å². The van der Waals surface area contributed by atoms with Crippen molar-refractivity contribution >= 4 is 17.9 Å². The van der Waals surface area contributed by atoms with Crippen LogP contribution in [0.1, 0.15) is 22.9 Å². The normalized spacial score (nSPS) is 19.9. The van der Waals surface area contributed by atoms with E-state index in [0.717, 1.165) is 34.4 Å². The molecule has 2 aromatic rings.